The summed E-state index contributed by atoms with van der Waals surface area (Å²) in [5.41, 5.74) is 1.15. The van der Waals surface area contributed by atoms with Crippen LogP contribution in [0.25, 0.3) is 0 Å². The lowest BCUT2D eigenvalue weighted by Crippen LogP contribution is -2.29. The molecule has 2 rings (SSSR count). The number of hydrogen-bond acceptors (Lipinski definition) is 3. The minimum Gasteiger partial charge on any atom is -0.478 e. The number of thiophene rings is 1. The first-order chi connectivity index (χ1) is 10.4. The zero-order valence-corrected chi connectivity index (χ0v) is 14.6. The van der Waals surface area contributed by atoms with Crippen LogP contribution in [0.3, 0.4) is 0 Å². The van der Waals surface area contributed by atoms with E-state index in [2.05, 4.69) is 15.9 Å². The van der Waals surface area contributed by atoms with Crippen LogP contribution in [0.4, 0.5) is 0 Å². The average molecular weight is 382 g/mol. The molecule has 2 aromatic rings. The minimum absolute atomic E-state index is 0.0386. The molecule has 0 aliphatic heterocycles. The van der Waals surface area contributed by atoms with Gasteiger partial charge < -0.3 is 10.0 Å². The molecule has 0 aliphatic carbocycles. The molecule has 0 aliphatic rings. The molecule has 1 amide bonds. The molecule has 0 spiro atoms. The van der Waals surface area contributed by atoms with E-state index in [1.807, 2.05) is 19.1 Å². The maximum absolute atomic E-state index is 12.5. The van der Waals surface area contributed by atoms with Crippen LogP contribution in [0.2, 0.25) is 0 Å². The molecule has 1 aromatic heterocycles. The van der Waals surface area contributed by atoms with Gasteiger partial charge in [-0.15, -0.1) is 11.3 Å². The molecule has 0 bridgehead atoms. The largest absolute Gasteiger partial charge is 0.478 e. The van der Waals surface area contributed by atoms with Crippen molar-refractivity contribution in [2.24, 2.45) is 0 Å². The summed E-state index contributed by atoms with van der Waals surface area (Å²) in [6.07, 6.45) is 0. The van der Waals surface area contributed by atoms with E-state index in [4.69, 9.17) is 5.11 Å². The number of carboxylic acid groups (broad SMARTS) is 1. The van der Waals surface area contributed by atoms with E-state index in [1.165, 1.54) is 0 Å². The van der Waals surface area contributed by atoms with Gasteiger partial charge in [0.2, 0.25) is 5.91 Å². The van der Waals surface area contributed by atoms with Crippen LogP contribution in [-0.2, 0) is 11.3 Å². The number of carbonyl (C=O) groups excluding carboxylic acids is 1. The first-order valence-electron chi connectivity index (χ1n) is 6.71. The summed E-state index contributed by atoms with van der Waals surface area (Å²) in [5, 5.41) is 8.88. The van der Waals surface area contributed by atoms with E-state index in [9.17, 15) is 9.59 Å². The van der Waals surface area contributed by atoms with Gasteiger partial charge in [-0.25, -0.2) is 4.79 Å². The van der Waals surface area contributed by atoms with Crippen LogP contribution in [-0.4, -0.2) is 28.9 Å². The summed E-state index contributed by atoms with van der Waals surface area (Å²) in [5.74, 6) is -1.11. The second kappa shape index (κ2) is 7.07. The van der Waals surface area contributed by atoms with Crippen molar-refractivity contribution in [2.75, 3.05) is 7.05 Å². The summed E-state index contributed by atoms with van der Waals surface area (Å²) < 4.78 is 1.01. The standard InChI is InChI=1S/C16H16BrNO3S/c1-10(13-7-8-14(17)22-13)15(19)18(2)9-11-3-5-12(6-4-11)16(20)21/h3-8,10H,9H2,1-2H3,(H,20,21). The number of benzene rings is 1. The Bertz CT molecular complexity index is 681. The zero-order chi connectivity index (χ0) is 16.3. The van der Waals surface area contributed by atoms with Gasteiger partial charge in [-0.2, -0.15) is 0 Å². The maximum atomic E-state index is 12.5. The highest BCUT2D eigenvalue weighted by Crippen LogP contribution is 2.29. The number of nitrogens with zero attached hydrogens (tertiary/aromatic N) is 1. The van der Waals surface area contributed by atoms with Crippen molar-refractivity contribution in [1.82, 2.24) is 4.90 Å². The Labute approximate surface area is 141 Å². The van der Waals surface area contributed by atoms with E-state index in [1.54, 1.807) is 47.5 Å². The predicted molar refractivity (Wildman–Crippen MR) is 90.3 cm³/mol. The van der Waals surface area contributed by atoms with Gasteiger partial charge in [-0.1, -0.05) is 12.1 Å². The smallest absolute Gasteiger partial charge is 0.335 e. The summed E-state index contributed by atoms with van der Waals surface area (Å²) in [6.45, 7) is 2.35. The molecule has 1 unspecified atom stereocenters. The Morgan fingerprint density at radius 2 is 1.86 bits per heavy atom. The van der Waals surface area contributed by atoms with E-state index >= 15 is 0 Å². The van der Waals surface area contributed by atoms with Crippen molar-refractivity contribution < 1.29 is 14.7 Å². The quantitative estimate of drug-likeness (QED) is 0.851. The van der Waals surface area contributed by atoms with Gasteiger partial charge in [-0.05, 0) is 52.7 Å². The first-order valence-corrected chi connectivity index (χ1v) is 8.32. The van der Waals surface area contributed by atoms with E-state index in [-0.39, 0.29) is 17.4 Å². The molecule has 4 nitrogen and oxygen atoms in total. The third-order valence-corrected chi connectivity index (χ3v) is 5.19. The van der Waals surface area contributed by atoms with E-state index in [0.29, 0.717) is 6.54 Å². The minimum atomic E-state index is -0.951. The molecular formula is C16H16BrNO3S. The monoisotopic (exact) mass is 381 g/mol. The molecule has 0 radical (unpaired) electrons. The van der Waals surface area contributed by atoms with Gasteiger partial charge >= 0.3 is 5.97 Å². The van der Waals surface area contributed by atoms with Crippen molar-refractivity contribution in [3.63, 3.8) is 0 Å². The highest BCUT2D eigenvalue weighted by molar-refractivity contribution is 9.11. The second-order valence-electron chi connectivity index (χ2n) is 5.06. The zero-order valence-electron chi connectivity index (χ0n) is 12.2. The van der Waals surface area contributed by atoms with Crippen molar-refractivity contribution in [3.8, 4) is 0 Å². The molecular weight excluding hydrogens is 366 g/mol. The Morgan fingerprint density at radius 3 is 2.36 bits per heavy atom. The fraction of sp³-hybridized carbons (Fsp3) is 0.250. The van der Waals surface area contributed by atoms with Crippen molar-refractivity contribution in [3.05, 3.63) is 56.2 Å². The number of aromatic carboxylic acids is 1. The fourth-order valence-electron chi connectivity index (χ4n) is 2.12. The van der Waals surface area contributed by atoms with Crippen LogP contribution in [0.15, 0.2) is 40.2 Å². The highest BCUT2D eigenvalue weighted by atomic mass is 79.9. The van der Waals surface area contributed by atoms with Gasteiger partial charge in [-0.3, -0.25) is 4.79 Å². The molecule has 0 saturated carbocycles. The Balaban J connectivity index is 2.03. The maximum Gasteiger partial charge on any atom is 0.335 e. The molecule has 6 heteroatoms. The van der Waals surface area contributed by atoms with Crippen LogP contribution in [0.1, 0.15) is 33.6 Å². The first kappa shape index (κ1) is 16.7. The summed E-state index contributed by atoms with van der Waals surface area (Å²) in [7, 11) is 1.76. The number of likely N-dealkylation sites (N-methyl/N-ethyl adjacent to an activating group) is 1. The topological polar surface area (TPSA) is 57.6 Å². The van der Waals surface area contributed by atoms with Gasteiger partial charge in [0.15, 0.2) is 0 Å². The van der Waals surface area contributed by atoms with Gasteiger partial charge in [0.1, 0.15) is 0 Å². The predicted octanol–water partition coefficient (Wildman–Crippen LogP) is 3.97. The third-order valence-electron chi connectivity index (χ3n) is 3.39. The lowest BCUT2D eigenvalue weighted by Gasteiger charge is -2.21. The normalized spacial score (nSPS) is 12.0. The molecule has 0 fully saturated rings. The van der Waals surface area contributed by atoms with E-state index in [0.717, 1.165) is 14.2 Å². The fourth-order valence-corrected chi connectivity index (χ4v) is 3.59. The number of halogens is 1. The average Bonchev–Trinajstić information content (AvgIpc) is 2.92. The SMILES string of the molecule is CC(C(=O)N(C)Cc1ccc(C(=O)O)cc1)c1ccc(Br)s1. The van der Waals surface area contributed by atoms with Crippen molar-refractivity contribution >= 4 is 39.1 Å². The van der Waals surface area contributed by atoms with Crippen molar-refractivity contribution in [2.45, 2.75) is 19.4 Å². The van der Waals surface area contributed by atoms with Gasteiger partial charge in [0.05, 0.1) is 15.3 Å². The number of hydrogen-bond donors (Lipinski definition) is 1. The summed E-state index contributed by atoms with van der Waals surface area (Å²) in [6, 6.07) is 10.5. The summed E-state index contributed by atoms with van der Waals surface area (Å²) >= 11 is 4.96. The Hall–Kier alpha value is -1.66. The lowest BCUT2D eigenvalue weighted by atomic mass is 10.1. The van der Waals surface area contributed by atoms with Crippen LogP contribution >= 0.6 is 27.3 Å². The number of amides is 1. The molecule has 0 saturated heterocycles. The molecule has 116 valence electrons. The number of rotatable bonds is 5. The Kier molecular flexibility index (Phi) is 5.37. The van der Waals surface area contributed by atoms with Crippen LogP contribution in [0, 0.1) is 0 Å². The third kappa shape index (κ3) is 3.96. The molecule has 1 N–H and O–H groups in total. The second-order valence-corrected chi connectivity index (χ2v) is 7.55. The molecule has 1 atom stereocenters. The highest BCUT2D eigenvalue weighted by Gasteiger charge is 2.21. The van der Waals surface area contributed by atoms with Gasteiger partial charge in [0, 0.05) is 18.5 Å². The van der Waals surface area contributed by atoms with Gasteiger partial charge in [0.25, 0.3) is 0 Å². The molecule has 1 heterocycles. The molecule has 1 aromatic carbocycles. The Morgan fingerprint density at radius 1 is 1.23 bits per heavy atom. The van der Waals surface area contributed by atoms with E-state index < -0.39 is 5.97 Å². The van der Waals surface area contributed by atoms with Crippen LogP contribution in [0.5, 0.6) is 0 Å². The number of carbonyl (C=O) groups is 2. The summed E-state index contributed by atoms with van der Waals surface area (Å²) in [4.78, 5) is 26.0. The van der Waals surface area contributed by atoms with Crippen LogP contribution < -0.4 is 0 Å². The van der Waals surface area contributed by atoms with Crippen molar-refractivity contribution in [1.29, 1.82) is 0 Å². The number of carboxylic acids is 1. The molecule has 22 heavy (non-hydrogen) atoms. The lowest BCUT2D eigenvalue weighted by molar-refractivity contribution is -0.131.